The molecule has 1 nitrogen and oxygen atoms in total. The zero-order valence-corrected chi connectivity index (χ0v) is 13.1. The third kappa shape index (κ3) is 5.30. The molecule has 108 valence electrons. The van der Waals surface area contributed by atoms with Gasteiger partial charge in [-0.15, -0.1) is 0 Å². The maximum Gasteiger partial charge on any atom is 0.0121 e. The Kier molecular flexibility index (Phi) is 7.97. The third-order valence-electron chi connectivity index (χ3n) is 4.88. The summed E-state index contributed by atoms with van der Waals surface area (Å²) in [4.78, 5) is 0. The quantitative estimate of drug-likeness (QED) is 0.521. The monoisotopic (exact) mass is 253 g/mol. The molecule has 0 aliphatic heterocycles. The van der Waals surface area contributed by atoms with Gasteiger partial charge in [-0.25, -0.2) is 0 Å². The average molecular weight is 253 g/mol. The fourth-order valence-electron chi connectivity index (χ4n) is 3.60. The van der Waals surface area contributed by atoms with Crippen LogP contribution >= 0.6 is 0 Å². The lowest BCUT2D eigenvalue weighted by molar-refractivity contribution is 0.208. The Morgan fingerprint density at radius 2 is 1.56 bits per heavy atom. The first-order valence-electron chi connectivity index (χ1n) is 8.46. The van der Waals surface area contributed by atoms with Crippen LogP contribution in [0.2, 0.25) is 0 Å². The SMILES string of the molecule is CCCCCCCCC(NCC)C1(C)CCCC1. The van der Waals surface area contributed by atoms with Gasteiger partial charge in [-0.2, -0.15) is 0 Å². The summed E-state index contributed by atoms with van der Waals surface area (Å²) in [6.07, 6.45) is 15.7. The predicted molar refractivity (Wildman–Crippen MR) is 82.0 cm³/mol. The number of hydrogen-bond donors (Lipinski definition) is 1. The van der Waals surface area contributed by atoms with Crippen LogP contribution in [0.1, 0.15) is 91.4 Å². The molecule has 0 aromatic heterocycles. The summed E-state index contributed by atoms with van der Waals surface area (Å²) < 4.78 is 0. The summed E-state index contributed by atoms with van der Waals surface area (Å²) in [5.41, 5.74) is 0.597. The van der Waals surface area contributed by atoms with Gasteiger partial charge >= 0.3 is 0 Å². The molecule has 0 radical (unpaired) electrons. The molecule has 0 saturated heterocycles. The van der Waals surface area contributed by atoms with E-state index < -0.39 is 0 Å². The number of nitrogens with one attached hydrogen (secondary N) is 1. The highest BCUT2D eigenvalue weighted by Gasteiger charge is 2.35. The van der Waals surface area contributed by atoms with Crippen LogP contribution in [0.15, 0.2) is 0 Å². The van der Waals surface area contributed by atoms with Gasteiger partial charge in [-0.05, 0) is 31.2 Å². The lowest BCUT2D eigenvalue weighted by Crippen LogP contribution is -2.42. The van der Waals surface area contributed by atoms with Gasteiger partial charge in [0.15, 0.2) is 0 Å². The van der Waals surface area contributed by atoms with Gasteiger partial charge in [0.1, 0.15) is 0 Å². The highest BCUT2D eigenvalue weighted by Crippen LogP contribution is 2.42. The zero-order chi connectivity index (χ0) is 13.3. The summed E-state index contributed by atoms with van der Waals surface area (Å²) >= 11 is 0. The van der Waals surface area contributed by atoms with Crippen LogP contribution in [-0.4, -0.2) is 12.6 Å². The molecule has 0 spiro atoms. The molecule has 1 aliphatic carbocycles. The van der Waals surface area contributed by atoms with Crippen molar-refractivity contribution in [3.05, 3.63) is 0 Å². The average Bonchev–Trinajstić information content (AvgIpc) is 2.80. The van der Waals surface area contributed by atoms with Crippen molar-refractivity contribution in [1.29, 1.82) is 0 Å². The van der Waals surface area contributed by atoms with Crippen LogP contribution in [0.5, 0.6) is 0 Å². The minimum absolute atomic E-state index is 0.597. The van der Waals surface area contributed by atoms with Crippen molar-refractivity contribution in [3.8, 4) is 0 Å². The van der Waals surface area contributed by atoms with Crippen molar-refractivity contribution in [3.63, 3.8) is 0 Å². The molecule has 0 bridgehead atoms. The van der Waals surface area contributed by atoms with E-state index in [1.54, 1.807) is 0 Å². The lowest BCUT2D eigenvalue weighted by Gasteiger charge is -2.35. The van der Waals surface area contributed by atoms with E-state index in [0.717, 1.165) is 12.6 Å². The summed E-state index contributed by atoms with van der Waals surface area (Å²) in [6, 6.07) is 0.774. The van der Waals surface area contributed by atoms with Gasteiger partial charge in [0.05, 0.1) is 0 Å². The smallest absolute Gasteiger partial charge is 0.0121 e. The van der Waals surface area contributed by atoms with Gasteiger partial charge in [-0.1, -0.05) is 72.1 Å². The van der Waals surface area contributed by atoms with E-state index in [1.807, 2.05) is 0 Å². The molecule has 1 unspecified atom stereocenters. The Labute approximate surface area is 115 Å². The molecule has 1 N–H and O–H groups in total. The molecule has 0 aromatic rings. The van der Waals surface area contributed by atoms with Gasteiger partial charge in [0.25, 0.3) is 0 Å². The van der Waals surface area contributed by atoms with E-state index in [9.17, 15) is 0 Å². The minimum atomic E-state index is 0.597. The van der Waals surface area contributed by atoms with Crippen LogP contribution < -0.4 is 5.32 Å². The van der Waals surface area contributed by atoms with E-state index in [-0.39, 0.29) is 0 Å². The van der Waals surface area contributed by atoms with Crippen LogP contribution in [-0.2, 0) is 0 Å². The second-order valence-corrected chi connectivity index (χ2v) is 6.53. The molecule has 1 aliphatic rings. The Hall–Kier alpha value is -0.0400. The summed E-state index contributed by atoms with van der Waals surface area (Å²) in [7, 11) is 0. The van der Waals surface area contributed by atoms with Crippen LogP contribution in [0.4, 0.5) is 0 Å². The van der Waals surface area contributed by atoms with Gasteiger partial charge in [0, 0.05) is 6.04 Å². The van der Waals surface area contributed by atoms with E-state index in [2.05, 4.69) is 26.1 Å². The van der Waals surface area contributed by atoms with Crippen molar-refractivity contribution < 1.29 is 0 Å². The van der Waals surface area contributed by atoms with Crippen molar-refractivity contribution >= 4 is 0 Å². The van der Waals surface area contributed by atoms with Crippen molar-refractivity contribution in [2.24, 2.45) is 5.41 Å². The normalized spacial score (nSPS) is 20.2. The largest absolute Gasteiger partial charge is 0.314 e. The van der Waals surface area contributed by atoms with Gasteiger partial charge in [-0.3, -0.25) is 0 Å². The second-order valence-electron chi connectivity index (χ2n) is 6.53. The molecule has 18 heavy (non-hydrogen) atoms. The van der Waals surface area contributed by atoms with E-state index in [1.165, 1.54) is 70.6 Å². The maximum absolute atomic E-state index is 3.77. The fourth-order valence-corrected chi connectivity index (χ4v) is 3.60. The molecule has 0 heterocycles. The first kappa shape index (κ1) is 16.0. The Morgan fingerprint density at radius 1 is 0.944 bits per heavy atom. The molecule has 0 amide bonds. The molecule has 1 saturated carbocycles. The van der Waals surface area contributed by atoms with Gasteiger partial charge in [0.2, 0.25) is 0 Å². The number of hydrogen-bond acceptors (Lipinski definition) is 1. The first-order chi connectivity index (χ1) is 8.73. The standard InChI is InChI=1S/C17H35N/c1-4-6-7-8-9-10-13-16(18-5-2)17(3)14-11-12-15-17/h16,18H,4-15H2,1-3H3. The third-order valence-corrected chi connectivity index (χ3v) is 4.88. The van der Waals surface area contributed by atoms with Crippen molar-refractivity contribution in [2.75, 3.05) is 6.54 Å². The second kappa shape index (κ2) is 8.96. The van der Waals surface area contributed by atoms with Crippen LogP contribution in [0.25, 0.3) is 0 Å². The molecular weight excluding hydrogens is 218 g/mol. The lowest BCUT2D eigenvalue weighted by atomic mass is 9.78. The van der Waals surface area contributed by atoms with Crippen LogP contribution in [0.3, 0.4) is 0 Å². The summed E-state index contributed by atoms with van der Waals surface area (Å²) in [6.45, 7) is 8.20. The summed E-state index contributed by atoms with van der Waals surface area (Å²) in [5, 5.41) is 3.77. The van der Waals surface area contributed by atoms with E-state index >= 15 is 0 Å². The Morgan fingerprint density at radius 3 is 2.17 bits per heavy atom. The maximum atomic E-state index is 3.77. The Balaban J connectivity index is 2.21. The van der Waals surface area contributed by atoms with Gasteiger partial charge < -0.3 is 5.32 Å². The molecule has 1 fully saturated rings. The number of unbranched alkanes of at least 4 members (excludes halogenated alkanes) is 5. The predicted octanol–water partition coefficient (Wildman–Crippen LogP) is 5.30. The van der Waals surface area contributed by atoms with Crippen molar-refractivity contribution in [2.45, 2.75) is 97.4 Å². The first-order valence-corrected chi connectivity index (χ1v) is 8.46. The topological polar surface area (TPSA) is 12.0 Å². The fraction of sp³-hybridized carbons (Fsp3) is 1.00. The van der Waals surface area contributed by atoms with E-state index in [4.69, 9.17) is 0 Å². The van der Waals surface area contributed by atoms with E-state index in [0.29, 0.717) is 5.41 Å². The highest BCUT2D eigenvalue weighted by atomic mass is 14.9. The molecular formula is C17H35N. The Bertz CT molecular complexity index is 194. The molecule has 1 rings (SSSR count). The molecule has 0 aromatic carbocycles. The minimum Gasteiger partial charge on any atom is -0.314 e. The number of rotatable bonds is 10. The van der Waals surface area contributed by atoms with Crippen molar-refractivity contribution in [1.82, 2.24) is 5.32 Å². The summed E-state index contributed by atoms with van der Waals surface area (Å²) in [5.74, 6) is 0. The molecule has 1 atom stereocenters. The zero-order valence-electron chi connectivity index (χ0n) is 13.1. The highest BCUT2D eigenvalue weighted by molar-refractivity contribution is 4.91. The molecule has 1 heteroatoms. The van der Waals surface area contributed by atoms with Crippen LogP contribution in [0, 0.1) is 5.41 Å².